The fraction of sp³-hybridized carbons (Fsp3) is 0.333. The summed E-state index contributed by atoms with van der Waals surface area (Å²) in [5.74, 6) is 2.81. The van der Waals surface area contributed by atoms with Crippen molar-refractivity contribution in [2.45, 2.75) is 31.7 Å². The third-order valence-electron chi connectivity index (χ3n) is 4.62. The molecule has 0 fully saturated rings. The van der Waals surface area contributed by atoms with Crippen molar-refractivity contribution in [1.29, 1.82) is 0 Å². The molecule has 0 amide bonds. The number of thioether (sulfide) groups is 1. The van der Waals surface area contributed by atoms with E-state index in [0.29, 0.717) is 0 Å². The highest BCUT2D eigenvalue weighted by molar-refractivity contribution is 7.99. The highest BCUT2D eigenvalue weighted by Crippen LogP contribution is 2.30. The summed E-state index contributed by atoms with van der Waals surface area (Å²) in [5, 5.41) is 4.60. The van der Waals surface area contributed by atoms with Crippen molar-refractivity contribution in [3.8, 4) is 0 Å². The molecule has 2 aromatic carbocycles. The van der Waals surface area contributed by atoms with Crippen molar-refractivity contribution in [2.24, 2.45) is 0 Å². The zero-order valence-corrected chi connectivity index (χ0v) is 16.1. The highest BCUT2D eigenvalue weighted by atomic mass is 32.2. The van der Waals surface area contributed by atoms with Gasteiger partial charge in [0.25, 0.3) is 0 Å². The number of nitrogens with one attached hydrogen (secondary N) is 1. The number of anilines is 2. The monoisotopic (exact) mass is 364 g/mol. The molecule has 0 spiro atoms. The van der Waals surface area contributed by atoms with Gasteiger partial charge in [0.05, 0.1) is 5.52 Å². The number of hydrogen-bond acceptors (Lipinski definition) is 5. The molecule has 0 saturated carbocycles. The van der Waals surface area contributed by atoms with E-state index in [1.807, 2.05) is 11.8 Å². The summed E-state index contributed by atoms with van der Waals surface area (Å²) in [6.45, 7) is 7.00. The smallest absolute Gasteiger partial charge is 0.228 e. The van der Waals surface area contributed by atoms with Gasteiger partial charge in [0, 0.05) is 35.7 Å². The van der Waals surface area contributed by atoms with Gasteiger partial charge in [0.15, 0.2) is 0 Å². The van der Waals surface area contributed by atoms with Crippen LogP contribution in [0, 0.1) is 6.92 Å². The van der Waals surface area contributed by atoms with Gasteiger partial charge in [-0.15, -0.1) is 11.8 Å². The number of hydrogen-bond donors (Lipinski definition) is 1. The lowest BCUT2D eigenvalue weighted by atomic mass is 10.1. The van der Waals surface area contributed by atoms with Crippen LogP contribution in [0.2, 0.25) is 0 Å². The molecule has 0 atom stereocenters. The summed E-state index contributed by atoms with van der Waals surface area (Å²) in [5.41, 5.74) is 3.59. The Morgan fingerprint density at radius 1 is 1.15 bits per heavy atom. The van der Waals surface area contributed by atoms with Crippen LogP contribution in [-0.4, -0.2) is 28.8 Å². The fourth-order valence-electron chi connectivity index (χ4n) is 3.25. The Bertz CT molecular complexity index is 925. The van der Waals surface area contributed by atoms with Crippen LogP contribution < -0.4 is 10.2 Å². The molecule has 4 rings (SSSR count). The minimum atomic E-state index is 0.817. The van der Waals surface area contributed by atoms with Crippen LogP contribution in [0.15, 0.2) is 47.4 Å². The number of nitrogens with zero attached hydrogens (tertiary/aromatic N) is 3. The van der Waals surface area contributed by atoms with Gasteiger partial charge in [0.2, 0.25) is 5.95 Å². The average molecular weight is 365 g/mol. The van der Waals surface area contributed by atoms with E-state index >= 15 is 0 Å². The number of aryl methyl sites for hydroxylation is 1. The van der Waals surface area contributed by atoms with Crippen LogP contribution in [0.1, 0.15) is 24.5 Å². The molecule has 26 heavy (non-hydrogen) atoms. The standard InChI is InChI=1S/C21H24N4S/c1-3-10-22-20-17-13-15(2)8-9-18(17)23-21(24-20)25-11-12-26-19-7-5-4-6-16(19)14-25/h4-9,13H,3,10-12,14H2,1-2H3,(H,22,23,24). The molecule has 0 bridgehead atoms. The number of fused-ring (bicyclic) bond motifs is 2. The average Bonchev–Trinajstić information content (AvgIpc) is 2.88. The molecule has 134 valence electrons. The molecular formula is C21H24N4S. The van der Waals surface area contributed by atoms with Gasteiger partial charge >= 0.3 is 0 Å². The van der Waals surface area contributed by atoms with Crippen molar-refractivity contribution in [1.82, 2.24) is 9.97 Å². The number of aromatic nitrogens is 2. The van der Waals surface area contributed by atoms with E-state index in [1.165, 1.54) is 16.0 Å². The van der Waals surface area contributed by atoms with E-state index in [2.05, 4.69) is 66.5 Å². The van der Waals surface area contributed by atoms with Crippen LogP contribution in [0.5, 0.6) is 0 Å². The molecule has 0 saturated heterocycles. The third kappa shape index (κ3) is 3.49. The van der Waals surface area contributed by atoms with Crippen molar-refractivity contribution in [3.05, 3.63) is 53.6 Å². The van der Waals surface area contributed by atoms with E-state index in [4.69, 9.17) is 9.97 Å². The van der Waals surface area contributed by atoms with E-state index in [0.717, 1.165) is 54.5 Å². The molecular weight excluding hydrogens is 340 g/mol. The van der Waals surface area contributed by atoms with Gasteiger partial charge in [0.1, 0.15) is 5.82 Å². The summed E-state index contributed by atoms with van der Waals surface area (Å²) in [4.78, 5) is 13.5. The first-order chi connectivity index (χ1) is 12.7. The Kier molecular flexibility index (Phi) is 4.98. The SMILES string of the molecule is CCCNc1nc(N2CCSc3ccccc3C2)nc2ccc(C)cc12. The predicted molar refractivity (Wildman–Crippen MR) is 111 cm³/mol. The second-order valence-electron chi connectivity index (χ2n) is 6.70. The minimum absolute atomic E-state index is 0.817. The van der Waals surface area contributed by atoms with E-state index in [1.54, 1.807) is 0 Å². The maximum atomic E-state index is 4.91. The molecule has 0 aliphatic carbocycles. The topological polar surface area (TPSA) is 41.1 Å². The summed E-state index contributed by atoms with van der Waals surface area (Å²) < 4.78 is 0. The Morgan fingerprint density at radius 3 is 2.92 bits per heavy atom. The lowest BCUT2D eigenvalue weighted by Crippen LogP contribution is -2.26. The maximum absolute atomic E-state index is 4.91. The number of benzene rings is 2. The zero-order chi connectivity index (χ0) is 17.9. The van der Waals surface area contributed by atoms with Crippen molar-refractivity contribution < 1.29 is 0 Å². The van der Waals surface area contributed by atoms with Crippen molar-refractivity contribution in [2.75, 3.05) is 29.1 Å². The van der Waals surface area contributed by atoms with E-state index < -0.39 is 0 Å². The second kappa shape index (κ2) is 7.54. The van der Waals surface area contributed by atoms with Gasteiger partial charge in [-0.3, -0.25) is 0 Å². The molecule has 1 aliphatic heterocycles. The number of rotatable bonds is 4. The third-order valence-corrected chi connectivity index (χ3v) is 5.71. The quantitative estimate of drug-likeness (QED) is 0.715. The summed E-state index contributed by atoms with van der Waals surface area (Å²) >= 11 is 1.92. The minimum Gasteiger partial charge on any atom is -0.369 e. The summed E-state index contributed by atoms with van der Waals surface area (Å²) in [6.07, 6.45) is 1.07. The second-order valence-corrected chi connectivity index (χ2v) is 7.83. The molecule has 5 heteroatoms. The van der Waals surface area contributed by atoms with Crippen LogP contribution >= 0.6 is 11.8 Å². The summed E-state index contributed by atoms with van der Waals surface area (Å²) in [6, 6.07) is 15.0. The van der Waals surface area contributed by atoms with Gasteiger partial charge in [-0.2, -0.15) is 4.98 Å². The van der Waals surface area contributed by atoms with Gasteiger partial charge < -0.3 is 10.2 Å². The maximum Gasteiger partial charge on any atom is 0.228 e. The molecule has 0 unspecified atom stereocenters. The lowest BCUT2D eigenvalue weighted by molar-refractivity contribution is 0.799. The lowest BCUT2D eigenvalue weighted by Gasteiger charge is -2.22. The molecule has 1 aliphatic rings. The molecule has 1 N–H and O–H groups in total. The first kappa shape index (κ1) is 17.2. The fourth-order valence-corrected chi connectivity index (χ4v) is 4.27. The molecule has 4 nitrogen and oxygen atoms in total. The van der Waals surface area contributed by atoms with Crippen molar-refractivity contribution in [3.63, 3.8) is 0 Å². The van der Waals surface area contributed by atoms with Gasteiger partial charge in [-0.05, 0) is 37.1 Å². The van der Waals surface area contributed by atoms with Gasteiger partial charge in [-0.1, -0.05) is 36.8 Å². The van der Waals surface area contributed by atoms with Crippen LogP contribution in [0.25, 0.3) is 10.9 Å². The first-order valence-corrected chi connectivity index (χ1v) is 10.2. The van der Waals surface area contributed by atoms with Crippen LogP contribution in [0.4, 0.5) is 11.8 Å². The Balaban J connectivity index is 1.75. The largest absolute Gasteiger partial charge is 0.369 e. The first-order valence-electron chi connectivity index (χ1n) is 9.22. The normalized spacial score (nSPS) is 14.2. The Hall–Kier alpha value is -2.27. The van der Waals surface area contributed by atoms with Crippen LogP contribution in [-0.2, 0) is 6.54 Å². The van der Waals surface area contributed by atoms with E-state index in [-0.39, 0.29) is 0 Å². The summed E-state index contributed by atoms with van der Waals surface area (Å²) in [7, 11) is 0. The molecule has 1 aromatic heterocycles. The van der Waals surface area contributed by atoms with Crippen LogP contribution in [0.3, 0.4) is 0 Å². The molecule has 0 radical (unpaired) electrons. The predicted octanol–water partition coefficient (Wildman–Crippen LogP) is 4.87. The highest BCUT2D eigenvalue weighted by Gasteiger charge is 2.18. The van der Waals surface area contributed by atoms with Gasteiger partial charge in [-0.25, -0.2) is 4.98 Å². The molecule has 2 heterocycles. The Labute approximate surface area is 159 Å². The Morgan fingerprint density at radius 2 is 2.04 bits per heavy atom. The molecule has 3 aromatic rings. The van der Waals surface area contributed by atoms with E-state index in [9.17, 15) is 0 Å². The van der Waals surface area contributed by atoms with Crippen molar-refractivity contribution >= 4 is 34.4 Å². The zero-order valence-electron chi connectivity index (χ0n) is 15.3.